The van der Waals surface area contributed by atoms with Gasteiger partial charge in [-0.25, -0.2) is 8.42 Å². The summed E-state index contributed by atoms with van der Waals surface area (Å²) in [5.41, 5.74) is 0.437. The fourth-order valence-electron chi connectivity index (χ4n) is 1.95. The van der Waals surface area contributed by atoms with Crippen LogP contribution in [0.25, 0.3) is 0 Å². The maximum atomic E-state index is 12.5. The molecule has 4 nitrogen and oxygen atoms in total. The fourth-order valence-corrected chi connectivity index (χ4v) is 4.66. The van der Waals surface area contributed by atoms with Crippen LogP contribution in [0.1, 0.15) is 12.0 Å². The van der Waals surface area contributed by atoms with Crippen molar-refractivity contribution in [2.75, 3.05) is 24.6 Å². The number of rotatable bonds is 3. The highest BCUT2D eigenvalue weighted by Crippen LogP contribution is 2.24. The average molecular weight is 322 g/mol. The summed E-state index contributed by atoms with van der Waals surface area (Å²) in [4.78, 5) is 0.202. The van der Waals surface area contributed by atoms with Crippen molar-refractivity contribution in [3.63, 3.8) is 0 Å². The van der Waals surface area contributed by atoms with Crippen LogP contribution in [0.5, 0.6) is 0 Å². The van der Waals surface area contributed by atoms with Crippen molar-refractivity contribution in [1.29, 1.82) is 0 Å². The van der Waals surface area contributed by atoms with E-state index in [9.17, 15) is 8.42 Å². The first-order valence-electron chi connectivity index (χ1n) is 6.03. The Kier molecular flexibility index (Phi) is 5.14. The van der Waals surface area contributed by atoms with Gasteiger partial charge in [0.05, 0.1) is 11.5 Å². The summed E-state index contributed by atoms with van der Waals surface area (Å²) in [7, 11) is -3.48. The molecule has 106 valence electrons. The van der Waals surface area contributed by atoms with Gasteiger partial charge in [-0.15, -0.1) is 0 Å². The van der Waals surface area contributed by atoms with Crippen molar-refractivity contribution in [2.45, 2.75) is 17.9 Å². The lowest BCUT2D eigenvalue weighted by Crippen LogP contribution is -2.33. The van der Waals surface area contributed by atoms with E-state index in [0.717, 1.165) is 17.9 Å². The molecule has 1 saturated heterocycles. The van der Waals surface area contributed by atoms with Crippen LogP contribution in [0.3, 0.4) is 0 Å². The zero-order chi connectivity index (χ0) is 13.9. The number of nitrogens with zero attached hydrogens (tertiary/aromatic N) is 1. The van der Waals surface area contributed by atoms with Crippen LogP contribution in [-0.4, -0.2) is 42.4 Å². The zero-order valence-electron chi connectivity index (χ0n) is 10.4. The third-order valence-electron chi connectivity index (χ3n) is 3.01. The van der Waals surface area contributed by atoms with Crippen molar-refractivity contribution in [2.24, 2.45) is 0 Å². The highest BCUT2D eigenvalue weighted by atomic mass is 35.5. The molecule has 2 rings (SSSR count). The molecular weight excluding hydrogens is 306 g/mol. The molecule has 0 saturated carbocycles. The molecule has 0 spiro atoms. The summed E-state index contributed by atoms with van der Waals surface area (Å²) in [5, 5.41) is 9.55. The van der Waals surface area contributed by atoms with Crippen molar-refractivity contribution < 1.29 is 13.5 Å². The Hall–Kier alpha value is -0.270. The van der Waals surface area contributed by atoms with Crippen LogP contribution in [0.15, 0.2) is 23.1 Å². The van der Waals surface area contributed by atoms with Gasteiger partial charge in [0, 0.05) is 23.9 Å². The van der Waals surface area contributed by atoms with Gasteiger partial charge in [0.1, 0.15) is 0 Å². The van der Waals surface area contributed by atoms with E-state index in [1.54, 1.807) is 11.8 Å². The van der Waals surface area contributed by atoms with E-state index in [4.69, 9.17) is 16.7 Å². The summed E-state index contributed by atoms with van der Waals surface area (Å²) in [5.74, 6) is 1.81. The summed E-state index contributed by atoms with van der Waals surface area (Å²) in [6.45, 7) is 0.814. The number of hydrogen-bond donors (Lipinski definition) is 1. The molecule has 0 atom stereocenters. The second kappa shape index (κ2) is 6.45. The summed E-state index contributed by atoms with van der Waals surface area (Å²) in [6.07, 6.45) is 0.865. The van der Waals surface area contributed by atoms with Crippen molar-refractivity contribution in [1.82, 2.24) is 4.31 Å². The van der Waals surface area contributed by atoms with Gasteiger partial charge in [0.2, 0.25) is 10.0 Å². The number of hydrogen-bond acceptors (Lipinski definition) is 4. The second-order valence-corrected chi connectivity index (χ2v) is 7.85. The van der Waals surface area contributed by atoms with E-state index in [0.29, 0.717) is 23.7 Å². The predicted octanol–water partition coefficient (Wildman–Crippen LogP) is 1.96. The zero-order valence-corrected chi connectivity index (χ0v) is 12.8. The van der Waals surface area contributed by atoms with Crippen molar-refractivity contribution in [3.8, 4) is 0 Å². The lowest BCUT2D eigenvalue weighted by atomic mass is 10.2. The Bertz CT molecular complexity index is 540. The average Bonchev–Trinajstić information content (AvgIpc) is 2.68. The van der Waals surface area contributed by atoms with Crippen molar-refractivity contribution in [3.05, 3.63) is 28.8 Å². The quantitative estimate of drug-likeness (QED) is 0.924. The van der Waals surface area contributed by atoms with Crippen LogP contribution >= 0.6 is 23.4 Å². The minimum Gasteiger partial charge on any atom is -0.392 e. The van der Waals surface area contributed by atoms with Crippen LogP contribution in [0.2, 0.25) is 5.02 Å². The number of aliphatic hydroxyl groups excluding tert-OH is 1. The number of sulfonamides is 1. The monoisotopic (exact) mass is 321 g/mol. The van der Waals surface area contributed by atoms with Gasteiger partial charge in [-0.3, -0.25) is 0 Å². The molecule has 1 fully saturated rings. The molecule has 1 N–H and O–H groups in total. The lowest BCUT2D eigenvalue weighted by Gasteiger charge is -2.20. The Morgan fingerprint density at radius 3 is 2.84 bits per heavy atom. The Morgan fingerprint density at radius 2 is 2.11 bits per heavy atom. The molecule has 1 heterocycles. The highest BCUT2D eigenvalue weighted by molar-refractivity contribution is 7.99. The number of benzene rings is 1. The van der Waals surface area contributed by atoms with E-state index in [1.165, 1.54) is 22.5 Å². The van der Waals surface area contributed by atoms with Gasteiger partial charge >= 0.3 is 0 Å². The summed E-state index contributed by atoms with van der Waals surface area (Å²) >= 11 is 7.66. The van der Waals surface area contributed by atoms with Crippen LogP contribution in [0.4, 0.5) is 0 Å². The van der Waals surface area contributed by atoms with E-state index in [2.05, 4.69) is 0 Å². The molecule has 19 heavy (non-hydrogen) atoms. The Morgan fingerprint density at radius 1 is 1.32 bits per heavy atom. The molecule has 0 unspecified atom stereocenters. The number of halogens is 1. The third kappa shape index (κ3) is 3.44. The summed E-state index contributed by atoms with van der Waals surface area (Å²) < 4.78 is 26.5. The first-order chi connectivity index (χ1) is 9.05. The number of aliphatic hydroxyl groups is 1. The van der Waals surface area contributed by atoms with E-state index >= 15 is 0 Å². The molecule has 0 aromatic heterocycles. The molecule has 1 aliphatic heterocycles. The molecule has 7 heteroatoms. The van der Waals surface area contributed by atoms with Gasteiger partial charge in [-0.05, 0) is 35.9 Å². The molecule has 0 amide bonds. The highest BCUT2D eigenvalue weighted by Gasteiger charge is 2.25. The lowest BCUT2D eigenvalue weighted by molar-refractivity contribution is 0.281. The molecule has 0 radical (unpaired) electrons. The van der Waals surface area contributed by atoms with Gasteiger partial charge in [0.25, 0.3) is 0 Å². The van der Waals surface area contributed by atoms with Gasteiger partial charge in [-0.1, -0.05) is 11.6 Å². The second-order valence-electron chi connectivity index (χ2n) is 4.28. The smallest absolute Gasteiger partial charge is 0.243 e. The molecule has 1 aliphatic rings. The first kappa shape index (κ1) is 15.1. The molecular formula is C12H16ClNO3S2. The van der Waals surface area contributed by atoms with Gasteiger partial charge < -0.3 is 5.11 Å². The minimum atomic E-state index is -3.48. The normalized spacial score (nSPS) is 18.2. The largest absolute Gasteiger partial charge is 0.392 e. The number of thioether (sulfide) groups is 1. The standard InChI is InChI=1S/C12H16ClNO3S2/c13-12-3-2-11(8-10(12)9-15)19(16,17)14-4-1-6-18-7-5-14/h2-3,8,15H,1,4-7,9H2. The Balaban J connectivity index is 2.32. The maximum Gasteiger partial charge on any atom is 0.243 e. The molecule has 1 aromatic carbocycles. The van der Waals surface area contributed by atoms with E-state index in [1.807, 2.05) is 0 Å². The Labute approximate surface area is 122 Å². The molecule has 1 aromatic rings. The third-order valence-corrected chi connectivity index (χ3v) is 6.32. The van der Waals surface area contributed by atoms with Gasteiger partial charge in [-0.2, -0.15) is 16.1 Å². The summed E-state index contributed by atoms with van der Waals surface area (Å²) in [6, 6.07) is 4.47. The van der Waals surface area contributed by atoms with E-state index in [-0.39, 0.29) is 11.5 Å². The predicted molar refractivity (Wildman–Crippen MR) is 78.1 cm³/mol. The van der Waals surface area contributed by atoms with Crippen LogP contribution in [-0.2, 0) is 16.6 Å². The van der Waals surface area contributed by atoms with E-state index < -0.39 is 10.0 Å². The minimum absolute atomic E-state index is 0.202. The van der Waals surface area contributed by atoms with Crippen molar-refractivity contribution >= 4 is 33.4 Å². The topological polar surface area (TPSA) is 57.6 Å². The van der Waals surface area contributed by atoms with Gasteiger partial charge in [0.15, 0.2) is 0 Å². The molecule has 0 aliphatic carbocycles. The maximum absolute atomic E-state index is 12.5. The SMILES string of the molecule is O=S(=O)(c1ccc(Cl)c(CO)c1)N1CCCSCC1. The van der Waals surface area contributed by atoms with Crippen LogP contribution in [0, 0.1) is 0 Å². The van der Waals surface area contributed by atoms with Crippen LogP contribution < -0.4 is 0 Å². The first-order valence-corrected chi connectivity index (χ1v) is 9.00. The fraction of sp³-hybridized carbons (Fsp3) is 0.500. The molecule has 0 bridgehead atoms.